The van der Waals surface area contributed by atoms with Gasteiger partial charge in [-0.25, -0.2) is 0 Å². The van der Waals surface area contributed by atoms with E-state index in [1.54, 1.807) is 0 Å². The van der Waals surface area contributed by atoms with Gasteiger partial charge in [-0.1, -0.05) is 24.1 Å². The average Bonchev–Trinajstić information content (AvgIpc) is 2.58. The SMILES string of the molecule is NC(Cc1cccs1)C1=CCCCCC1. The summed E-state index contributed by atoms with van der Waals surface area (Å²) < 4.78 is 0. The smallest absolute Gasteiger partial charge is 0.0302 e. The minimum absolute atomic E-state index is 0.252. The first-order valence-corrected chi connectivity index (χ1v) is 6.71. The lowest BCUT2D eigenvalue weighted by Crippen LogP contribution is -2.24. The maximum Gasteiger partial charge on any atom is 0.0302 e. The fraction of sp³-hybridized carbons (Fsp3) is 0.538. The van der Waals surface area contributed by atoms with Crippen LogP contribution in [-0.4, -0.2) is 6.04 Å². The maximum atomic E-state index is 6.25. The number of rotatable bonds is 3. The van der Waals surface area contributed by atoms with Crippen LogP contribution in [0.2, 0.25) is 0 Å². The van der Waals surface area contributed by atoms with Crippen molar-refractivity contribution in [2.75, 3.05) is 0 Å². The number of thiophene rings is 1. The number of nitrogens with two attached hydrogens (primary N) is 1. The molecule has 1 aromatic heterocycles. The summed E-state index contributed by atoms with van der Waals surface area (Å²) in [5.41, 5.74) is 7.73. The van der Waals surface area contributed by atoms with Gasteiger partial charge < -0.3 is 5.73 Å². The van der Waals surface area contributed by atoms with Gasteiger partial charge in [0.15, 0.2) is 0 Å². The van der Waals surface area contributed by atoms with Crippen molar-refractivity contribution in [3.8, 4) is 0 Å². The highest BCUT2D eigenvalue weighted by atomic mass is 32.1. The Kier molecular flexibility index (Phi) is 3.98. The Labute approximate surface area is 96.0 Å². The van der Waals surface area contributed by atoms with Crippen LogP contribution in [-0.2, 0) is 6.42 Å². The van der Waals surface area contributed by atoms with E-state index in [4.69, 9.17) is 5.73 Å². The third-order valence-corrected chi connectivity index (χ3v) is 3.95. The third-order valence-electron chi connectivity index (χ3n) is 3.05. The molecule has 82 valence electrons. The number of hydrogen-bond acceptors (Lipinski definition) is 2. The van der Waals surface area contributed by atoms with Gasteiger partial charge in [-0.3, -0.25) is 0 Å². The Morgan fingerprint density at radius 2 is 2.27 bits per heavy atom. The molecular weight excluding hydrogens is 202 g/mol. The molecule has 0 aromatic carbocycles. The van der Waals surface area contributed by atoms with Crippen LogP contribution in [0.15, 0.2) is 29.2 Å². The summed E-state index contributed by atoms with van der Waals surface area (Å²) in [7, 11) is 0. The molecule has 1 nitrogen and oxygen atoms in total. The van der Waals surface area contributed by atoms with E-state index in [1.807, 2.05) is 11.3 Å². The van der Waals surface area contributed by atoms with E-state index >= 15 is 0 Å². The van der Waals surface area contributed by atoms with Gasteiger partial charge in [-0.05, 0) is 37.1 Å². The van der Waals surface area contributed by atoms with E-state index in [0.717, 1.165) is 6.42 Å². The van der Waals surface area contributed by atoms with Crippen molar-refractivity contribution in [1.29, 1.82) is 0 Å². The summed E-state index contributed by atoms with van der Waals surface area (Å²) in [6.07, 6.45) is 9.87. The maximum absolute atomic E-state index is 6.25. The molecule has 1 unspecified atom stereocenters. The molecule has 0 aliphatic heterocycles. The molecule has 0 spiro atoms. The lowest BCUT2D eigenvalue weighted by Gasteiger charge is -2.14. The Morgan fingerprint density at radius 1 is 1.33 bits per heavy atom. The fourth-order valence-corrected chi connectivity index (χ4v) is 2.92. The molecule has 1 aliphatic rings. The Morgan fingerprint density at radius 3 is 3.07 bits per heavy atom. The molecule has 2 N–H and O–H groups in total. The molecule has 1 aliphatic carbocycles. The van der Waals surface area contributed by atoms with Crippen molar-refractivity contribution in [1.82, 2.24) is 0 Å². The summed E-state index contributed by atoms with van der Waals surface area (Å²) in [5, 5.41) is 2.13. The molecule has 1 heterocycles. The number of hydrogen-bond donors (Lipinski definition) is 1. The molecule has 0 bridgehead atoms. The predicted octanol–water partition coefficient (Wildman–Crippen LogP) is 3.51. The standard InChI is InChI=1S/C13H19NS/c14-13(10-12-8-5-9-15-12)11-6-3-1-2-4-7-11/h5-6,8-9,13H,1-4,7,10,14H2. The second-order valence-corrected chi connectivity index (χ2v) is 5.30. The van der Waals surface area contributed by atoms with Crippen LogP contribution in [0, 0.1) is 0 Å². The number of allylic oxidation sites excluding steroid dienone is 1. The van der Waals surface area contributed by atoms with Gasteiger partial charge in [0.25, 0.3) is 0 Å². The summed E-state index contributed by atoms with van der Waals surface area (Å²) >= 11 is 1.81. The van der Waals surface area contributed by atoms with Crippen molar-refractivity contribution < 1.29 is 0 Å². The minimum Gasteiger partial charge on any atom is -0.324 e. The lowest BCUT2D eigenvalue weighted by molar-refractivity contribution is 0.674. The summed E-state index contributed by atoms with van der Waals surface area (Å²) in [6, 6.07) is 4.54. The van der Waals surface area contributed by atoms with E-state index in [0.29, 0.717) is 0 Å². The van der Waals surface area contributed by atoms with Gasteiger partial charge in [0.2, 0.25) is 0 Å². The van der Waals surface area contributed by atoms with E-state index in [-0.39, 0.29) is 6.04 Å². The van der Waals surface area contributed by atoms with Gasteiger partial charge in [0.1, 0.15) is 0 Å². The normalized spacial score (nSPS) is 19.4. The Balaban J connectivity index is 1.94. The summed E-state index contributed by atoms with van der Waals surface area (Å²) in [5.74, 6) is 0. The van der Waals surface area contributed by atoms with E-state index in [2.05, 4.69) is 23.6 Å². The second kappa shape index (κ2) is 5.47. The topological polar surface area (TPSA) is 26.0 Å². The highest BCUT2D eigenvalue weighted by Crippen LogP contribution is 2.22. The van der Waals surface area contributed by atoms with Crippen molar-refractivity contribution in [2.45, 2.75) is 44.6 Å². The van der Waals surface area contributed by atoms with Crippen LogP contribution in [0.1, 0.15) is 37.0 Å². The van der Waals surface area contributed by atoms with Crippen LogP contribution in [0.3, 0.4) is 0 Å². The zero-order valence-electron chi connectivity index (χ0n) is 9.11. The van der Waals surface area contributed by atoms with Crippen LogP contribution < -0.4 is 5.73 Å². The Bertz CT molecular complexity index is 313. The zero-order chi connectivity index (χ0) is 10.5. The van der Waals surface area contributed by atoms with Gasteiger partial charge >= 0.3 is 0 Å². The molecule has 15 heavy (non-hydrogen) atoms. The summed E-state index contributed by atoms with van der Waals surface area (Å²) in [4.78, 5) is 1.41. The van der Waals surface area contributed by atoms with Crippen molar-refractivity contribution >= 4 is 11.3 Å². The van der Waals surface area contributed by atoms with Crippen molar-refractivity contribution in [3.63, 3.8) is 0 Å². The zero-order valence-corrected chi connectivity index (χ0v) is 9.93. The van der Waals surface area contributed by atoms with Gasteiger partial charge in [0, 0.05) is 17.3 Å². The molecule has 2 heteroatoms. The molecule has 2 rings (SSSR count). The molecular formula is C13H19NS. The van der Waals surface area contributed by atoms with Gasteiger partial charge in [-0.15, -0.1) is 11.3 Å². The van der Waals surface area contributed by atoms with Crippen LogP contribution in [0.4, 0.5) is 0 Å². The van der Waals surface area contributed by atoms with Crippen LogP contribution in [0.5, 0.6) is 0 Å². The Hall–Kier alpha value is -0.600. The van der Waals surface area contributed by atoms with Gasteiger partial charge in [0.05, 0.1) is 0 Å². The second-order valence-electron chi connectivity index (χ2n) is 4.27. The van der Waals surface area contributed by atoms with Crippen molar-refractivity contribution in [2.24, 2.45) is 5.73 Å². The van der Waals surface area contributed by atoms with Crippen LogP contribution in [0.25, 0.3) is 0 Å². The first-order valence-electron chi connectivity index (χ1n) is 5.83. The first-order chi connectivity index (χ1) is 7.36. The van der Waals surface area contributed by atoms with E-state index < -0.39 is 0 Å². The lowest BCUT2D eigenvalue weighted by atomic mass is 9.99. The van der Waals surface area contributed by atoms with Gasteiger partial charge in [-0.2, -0.15) is 0 Å². The average molecular weight is 221 g/mol. The molecule has 1 aromatic rings. The first kappa shape index (κ1) is 10.9. The summed E-state index contributed by atoms with van der Waals surface area (Å²) in [6.45, 7) is 0. The van der Waals surface area contributed by atoms with Crippen LogP contribution >= 0.6 is 11.3 Å². The van der Waals surface area contributed by atoms with E-state index in [1.165, 1.54) is 42.6 Å². The molecule has 0 amide bonds. The minimum atomic E-state index is 0.252. The molecule has 0 saturated heterocycles. The monoisotopic (exact) mass is 221 g/mol. The highest BCUT2D eigenvalue weighted by Gasteiger charge is 2.12. The third kappa shape index (κ3) is 3.18. The molecule has 0 radical (unpaired) electrons. The molecule has 1 atom stereocenters. The fourth-order valence-electron chi connectivity index (χ4n) is 2.15. The highest BCUT2D eigenvalue weighted by molar-refractivity contribution is 7.09. The van der Waals surface area contributed by atoms with E-state index in [9.17, 15) is 0 Å². The predicted molar refractivity (Wildman–Crippen MR) is 67.2 cm³/mol. The quantitative estimate of drug-likeness (QED) is 0.777. The molecule has 0 saturated carbocycles. The largest absolute Gasteiger partial charge is 0.324 e. The molecule has 0 fully saturated rings. The van der Waals surface area contributed by atoms with Crippen molar-refractivity contribution in [3.05, 3.63) is 34.0 Å².